The minimum absolute atomic E-state index is 0.543. The molecule has 4 nitrogen and oxygen atoms in total. The third-order valence-corrected chi connectivity index (χ3v) is 3.44. The highest BCUT2D eigenvalue weighted by Crippen LogP contribution is 2.39. The predicted octanol–water partition coefficient (Wildman–Crippen LogP) is 3.75. The summed E-state index contributed by atoms with van der Waals surface area (Å²) in [5.41, 5.74) is 9.31. The van der Waals surface area contributed by atoms with Crippen molar-refractivity contribution in [2.24, 2.45) is 0 Å². The Kier molecular flexibility index (Phi) is 3.32. The van der Waals surface area contributed by atoms with Crippen LogP contribution in [0.3, 0.4) is 0 Å². The minimum Gasteiger partial charge on any atom is -0.486 e. The van der Waals surface area contributed by atoms with Crippen LogP contribution in [0.5, 0.6) is 11.5 Å². The van der Waals surface area contributed by atoms with Crippen molar-refractivity contribution < 1.29 is 9.47 Å². The lowest BCUT2D eigenvalue weighted by molar-refractivity contribution is 0.172. The summed E-state index contributed by atoms with van der Waals surface area (Å²) >= 11 is 6.18. The van der Waals surface area contributed by atoms with Crippen molar-refractivity contribution in [2.45, 2.75) is 6.92 Å². The van der Waals surface area contributed by atoms with Crippen LogP contribution < -0.4 is 20.5 Å². The molecule has 104 valence electrons. The van der Waals surface area contributed by atoms with Crippen molar-refractivity contribution in [3.05, 3.63) is 40.9 Å². The van der Waals surface area contributed by atoms with Crippen molar-refractivity contribution in [2.75, 3.05) is 24.3 Å². The molecule has 5 heteroatoms. The zero-order valence-corrected chi connectivity index (χ0v) is 11.8. The van der Waals surface area contributed by atoms with Gasteiger partial charge in [0, 0.05) is 12.1 Å². The number of ether oxygens (including phenoxy) is 2. The SMILES string of the molecule is Cc1ccc(Cl)c(Nc2cc3c(cc2N)OCCO3)c1. The highest BCUT2D eigenvalue weighted by Gasteiger charge is 2.15. The smallest absolute Gasteiger partial charge is 0.163 e. The molecular weight excluding hydrogens is 276 g/mol. The zero-order valence-electron chi connectivity index (χ0n) is 11.1. The Labute approximate surface area is 122 Å². The first-order valence-electron chi connectivity index (χ1n) is 6.36. The molecule has 0 spiro atoms. The van der Waals surface area contributed by atoms with Gasteiger partial charge in [0.15, 0.2) is 11.5 Å². The molecule has 1 aliphatic rings. The van der Waals surface area contributed by atoms with Crippen LogP contribution in [0.25, 0.3) is 0 Å². The largest absolute Gasteiger partial charge is 0.486 e. The Morgan fingerprint density at radius 3 is 2.50 bits per heavy atom. The van der Waals surface area contributed by atoms with E-state index in [9.17, 15) is 0 Å². The van der Waals surface area contributed by atoms with Crippen LogP contribution in [-0.2, 0) is 0 Å². The van der Waals surface area contributed by atoms with Gasteiger partial charge in [-0.2, -0.15) is 0 Å². The molecule has 1 heterocycles. The minimum atomic E-state index is 0.543. The summed E-state index contributed by atoms with van der Waals surface area (Å²) in [4.78, 5) is 0. The lowest BCUT2D eigenvalue weighted by Crippen LogP contribution is -2.15. The molecular formula is C15H15ClN2O2. The molecule has 1 aliphatic heterocycles. The van der Waals surface area contributed by atoms with E-state index in [-0.39, 0.29) is 0 Å². The fraction of sp³-hybridized carbons (Fsp3) is 0.200. The summed E-state index contributed by atoms with van der Waals surface area (Å²) in [7, 11) is 0. The van der Waals surface area contributed by atoms with Gasteiger partial charge < -0.3 is 20.5 Å². The Morgan fingerprint density at radius 2 is 1.75 bits per heavy atom. The van der Waals surface area contributed by atoms with Gasteiger partial charge in [-0.3, -0.25) is 0 Å². The number of hydrogen-bond acceptors (Lipinski definition) is 4. The number of nitrogens with one attached hydrogen (secondary N) is 1. The average molecular weight is 291 g/mol. The van der Waals surface area contributed by atoms with Gasteiger partial charge in [-0.05, 0) is 24.6 Å². The summed E-state index contributed by atoms with van der Waals surface area (Å²) in [5, 5.41) is 3.88. The summed E-state index contributed by atoms with van der Waals surface area (Å²) < 4.78 is 11.1. The fourth-order valence-electron chi connectivity index (χ4n) is 2.09. The molecule has 0 saturated carbocycles. The van der Waals surface area contributed by atoms with Gasteiger partial charge >= 0.3 is 0 Å². The molecule has 20 heavy (non-hydrogen) atoms. The number of nitrogen functional groups attached to an aromatic ring is 1. The van der Waals surface area contributed by atoms with Crippen molar-refractivity contribution in [1.82, 2.24) is 0 Å². The molecule has 0 radical (unpaired) electrons. The van der Waals surface area contributed by atoms with Gasteiger partial charge in [-0.25, -0.2) is 0 Å². The maximum atomic E-state index is 6.18. The normalized spacial score (nSPS) is 13.1. The molecule has 0 bridgehead atoms. The second kappa shape index (κ2) is 5.13. The first-order valence-corrected chi connectivity index (χ1v) is 6.73. The summed E-state index contributed by atoms with van der Waals surface area (Å²) in [5.74, 6) is 1.37. The van der Waals surface area contributed by atoms with Crippen LogP contribution in [0.15, 0.2) is 30.3 Å². The molecule has 0 fully saturated rings. The Bertz CT molecular complexity index is 659. The van der Waals surface area contributed by atoms with Gasteiger partial charge in [-0.15, -0.1) is 0 Å². The lowest BCUT2D eigenvalue weighted by atomic mass is 10.2. The molecule has 0 unspecified atom stereocenters. The number of benzene rings is 2. The van der Waals surface area contributed by atoms with Gasteiger partial charge in [0.1, 0.15) is 13.2 Å². The van der Waals surface area contributed by atoms with Crippen LogP contribution in [-0.4, -0.2) is 13.2 Å². The number of fused-ring (bicyclic) bond motifs is 1. The second-order valence-corrected chi connectivity index (χ2v) is 5.10. The summed E-state index contributed by atoms with van der Waals surface area (Å²) in [6, 6.07) is 9.38. The highest BCUT2D eigenvalue weighted by molar-refractivity contribution is 6.33. The van der Waals surface area contributed by atoms with Gasteiger partial charge in [0.25, 0.3) is 0 Å². The standard InChI is InChI=1S/C15H15ClN2O2/c1-9-2-3-10(16)12(6-9)18-13-8-15-14(7-11(13)17)19-4-5-20-15/h2-3,6-8,18H,4-5,17H2,1H3. The predicted molar refractivity (Wildman–Crippen MR) is 81.3 cm³/mol. The number of rotatable bonds is 2. The highest BCUT2D eigenvalue weighted by atomic mass is 35.5. The maximum Gasteiger partial charge on any atom is 0.163 e. The zero-order chi connectivity index (χ0) is 14.1. The second-order valence-electron chi connectivity index (χ2n) is 4.69. The number of nitrogens with two attached hydrogens (primary N) is 1. The first kappa shape index (κ1) is 12.9. The molecule has 2 aromatic rings. The fourth-order valence-corrected chi connectivity index (χ4v) is 2.26. The lowest BCUT2D eigenvalue weighted by Gasteiger charge is -2.21. The Hall–Kier alpha value is -2.07. The molecule has 0 atom stereocenters. The van der Waals surface area contributed by atoms with Crippen LogP contribution in [0.1, 0.15) is 5.56 Å². The van der Waals surface area contributed by atoms with E-state index in [1.165, 1.54) is 0 Å². The molecule has 2 aromatic carbocycles. The molecule has 0 aromatic heterocycles. The van der Waals surface area contributed by atoms with Gasteiger partial charge in [-0.1, -0.05) is 17.7 Å². The van der Waals surface area contributed by atoms with Crippen LogP contribution in [0.4, 0.5) is 17.1 Å². The first-order chi connectivity index (χ1) is 9.63. The topological polar surface area (TPSA) is 56.5 Å². The molecule has 3 rings (SSSR count). The van der Waals surface area contributed by atoms with E-state index in [1.54, 1.807) is 6.07 Å². The van der Waals surface area contributed by atoms with Crippen LogP contribution in [0.2, 0.25) is 5.02 Å². The summed E-state index contributed by atoms with van der Waals surface area (Å²) in [6.07, 6.45) is 0. The van der Waals surface area contributed by atoms with E-state index in [0.717, 1.165) is 16.9 Å². The van der Waals surface area contributed by atoms with Crippen molar-refractivity contribution >= 4 is 28.7 Å². The molecule has 0 aliphatic carbocycles. The van der Waals surface area contributed by atoms with Crippen molar-refractivity contribution in [3.63, 3.8) is 0 Å². The quantitative estimate of drug-likeness (QED) is 0.827. The maximum absolute atomic E-state index is 6.18. The van der Waals surface area contributed by atoms with Crippen LogP contribution in [0, 0.1) is 6.92 Å². The van der Waals surface area contributed by atoms with Gasteiger partial charge in [0.05, 0.1) is 22.1 Å². The van der Waals surface area contributed by atoms with E-state index in [2.05, 4.69) is 5.32 Å². The van der Waals surface area contributed by atoms with E-state index in [1.807, 2.05) is 31.2 Å². The number of anilines is 3. The van der Waals surface area contributed by atoms with E-state index < -0.39 is 0 Å². The molecule has 0 saturated heterocycles. The third kappa shape index (κ3) is 2.47. The third-order valence-electron chi connectivity index (χ3n) is 3.11. The average Bonchev–Trinajstić information content (AvgIpc) is 2.43. The van der Waals surface area contributed by atoms with Crippen molar-refractivity contribution in [1.29, 1.82) is 0 Å². The number of halogens is 1. The van der Waals surface area contributed by atoms with E-state index in [4.69, 9.17) is 26.8 Å². The Balaban J connectivity index is 1.96. The van der Waals surface area contributed by atoms with E-state index >= 15 is 0 Å². The number of aryl methyl sites for hydroxylation is 1. The van der Waals surface area contributed by atoms with Crippen molar-refractivity contribution in [3.8, 4) is 11.5 Å². The summed E-state index contributed by atoms with van der Waals surface area (Å²) in [6.45, 7) is 3.10. The molecule has 0 amide bonds. The van der Waals surface area contributed by atoms with Crippen LogP contribution >= 0.6 is 11.6 Å². The van der Waals surface area contributed by atoms with E-state index in [0.29, 0.717) is 35.4 Å². The monoisotopic (exact) mass is 290 g/mol. The molecule has 3 N–H and O–H groups in total. The number of hydrogen-bond donors (Lipinski definition) is 2. The Morgan fingerprint density at radius 1 is 1.05 bits per heavy atom. The van der Waals surface area contributed by atoms with Gasteiger partial charge in [0.2, 0.25) is 0 Å².